The molecule has 86 valence electrons. The Hall–Kier alpha value is -1.38. The third-order valence-electron chi connectivity index (χ3n) is 2.79. The maximum absolute atomic E-state index is 5.96. The highest BCUT2D eigenvalue weighted by molar-refractivity contribution is 6.31. The Morgan fingerprint density at radius 2 is 1.35 bits per heavy atom. The predicted molar refractivity (Wildman–Crippen MR) is 71.0 cm³/mol. The van der Waals surface area contributed by atoms with Crippen molar-refractivity contribution < 1.29 is 4.74 Å². The molecule has 0 atom stereocenters. The van der Waals surface area contributed by atoms with Crippen molar-refractivity contribution in [1.29, 1.82) is 0 Å². The highest BCUT2D eigenvalue weighted by Gasteiger charge is 2.21. The lowest BCUT2D eigenvalue weighted by atomic mass is 10.2. The first-order valence-electron chi connectivity index (χ1n) is 5.16. The predicted octanol–water partition coefficient (Wildman–Crippen LogP) is 4.87. The molecule has 0 spiro atoms. The van der Waals surface area contributed by atoms with Gasteiger partial charge < -0.3 is 9.64 Å². The Balaban J connectivity index is 2.17. The summed E-state index contributed by atoms with van der Waals surface area (Å²) in [6.45, 7) is 0. The van der Waals surface area contributed by atoms with Crippen LogP contribution in [0, 0.1) is 0 Å². The smallest absolute Gasteiger partial charge is 0.152 e. The fourth-order valence-corrected chi connectivity index (χ4v) is 2.27. The van der Waals surface area contributed by atoms with Crippen molar-refractivity contribution in [3.05, 3.63) is 46.4 Å². The number of fused-ring (bicyclic) bond motifs is 2. The minimum atomic E-state index is 0.655. The molecule has 0 aliphatic carbocycles. The summed E-state index contributed by atoms with van der Waals surface area (Å²) < 4.78 is 5.80. The van der Waals surface area contributed by atoms with E-state index in [1.807, 2.05) is 31.3 Å². The van der Waals surface area contributed by atoms with Crippen LogP contribution in [0.1, 0.15) is 0 Å². The number of nitrogens with zero attached hydrogens (tertiary/aromatic N) is 1. The first kappa shape index (κ1) is 10.8. The minimum absolute atomic E-state index is 0.655. The second kappa shape index (κ2) is 3.83. The molecule has 3 rings (SSSR count). The van der Waals surface area contributed by atoms with E-state index in [0.717, 1.165) is 22.9 Å². The normalized spacial score (nSPS) is 12.8. The van der Waals surface area contributed by atoms with Gasteiger partial charge in [-0.15, -0.1) is 0 Å². The van der Waals surface area contributed by atoms with Crippen LogP contribution in [-0.4, -0.2) is 7.05 Å². The maximum atomic E-state index is 5.96. The summed E-state index contributed by atoms with van der Waals surface area (Å²) in [6, 6.07) is 11.2. The van der Waals surface area contributed by atoms with E-state index in [-0.39, 0.29) is 0 Å². The molecule has 1 aliphatic heterocycles. The molecule has 1 aliphatic rings. The van der Waals surface area contributed by atoms with Gasteiger partial charge in [0.05, 0.1) is 11.4 Å². The summed E-state index contributed by atoms with van der Waals surface area (Å²) in [4.78, 5) is 2.06. The number of hydrogen-bond donors (Lipinski definition) is 0. The molecule has 4 heteroatoms. The second-order valence-electron chi connectivity index (χ2n) is 3.89. The fraction of sp³-hybridized carbons (Fsp3) is 0.0769. The molecule has 2 aromatic carbocycles. The Labute approximate surface area is 109 Å². The molecule has 0 saturated carbocycles. The van der Waals surface area contributed by atoms with Crippen molar-refractivity contribution >= 4 is 34.6 Å². The first-order valence-corrected chi connectivity index (χ1v) is 5.91. The molecule has 0 aromatic heterocycles. The van der Waals surface area contributed by atoms with Crippen LogP contribution in [0.4, 0.5) is 11.4 Å². The molecular weight excluding hydrogens is 257 g/mol. The zero-order chi connectivity index (χ0) is 12.0. The van der Waals surface area contributed by atoms with E-state index < -0.39 is 0 Å². The Morgan fingerprint density at radius 3 is 1.82 bits per heavy atom. The summed E-state index contributed by atoms with van der Waals surface area (Å²) in [5.41, 5.74) is 1.98. The van der Waals surface area contributed by atoms with Gasteiger partial charge in [-0.3, -0.25) is 0 Å². The van der Waals surface area contributed by atoms with E-state index in [9.17, 15) is 0 Å². The molecule has 2 aromatic rings. The van der Waals surface area contributed by atoms with Crippen LogP contribution in [0.15, 0.2) is 36.4 Å². The SMILES string of the molecule is CN1c2ccc(Cl)cc2Oc2cc(Cl)ccc21. The van der Waals surface area contributed by atoms with E-state index in [4.69, 9.17) is 27.9 Å². The molecule has 0 fully saturated rings. The van der Waals surface area contributed by atoms with Crippen LogP contribution >= 0.6 is 23.2 Å². The Morgan fingerprint density at radius 1 is 0.882 bits per heavy atom. The average molecular weight is 266 g/mol. The van der Waals surface area contributed by atoms with E-state index in [2.05, 4.69) is 4.90 Å². The van der Waals surface area contributed by atoms with Gasteiger partial charge in [0.1, 0.15) is 0 Å². The molecule has 0 unspecified atom stereocenters. The zero-order valence-corrected chi connectivity index (χ0v) is 10.6. The number of ether oxygens (including phenoxy) is 1. The summed E-state index contributed by atoms with van der Waals surface area (Å²) >= 11 is 11.9. The van der Waals surface area contributed by atoms with Gasteiger partial charge >= 0.3 is 0 Å². The number of rotatable bonds is 0. The monoisotopic (exact) mass is 265 g/mol. The number of halogens is 2. The number of benzene rings is 2. The summed E-state index contributed by atoms with van der Waals surface area (Å²) in [7, 11) is 1.99. The first-order chi connectivity index (χ1) is 8.15. The highest BCUT2D eigenvalue weighted by Crippen LogP contribution is 2.47. The summed E-state index contributed by atoms with van der Waals surface area (Å²) in [5, 5.41) is 1.31. The maximum Gasteiger partial charge on any atom is 0.152 e. The van der Waals surface area contributed by atoms with Gasteiger partial charge in [-0.05, 0) is 24.3 Å². The van der Waals surface area contributed by atoms with Gasteiger partial charge in [-0.2, -0.15) is 0 Å². The third kappa shape index (κ3) is 1.74. The average Bonchev–Trinajstić information content (AvgIpc) is 2.28. The van der Waals surface area contributed by atoms with Crippen molar-refractivity contribution in [2.24, 2.45) is 0 Å². The van der Waals surface area contributed by atoms with Crippen molar-refractivity contribution in [2.45, 2.75) is 0 Å². The molecule has 1 heterocycles. The van der Waals surface area contributed by atoms with Crippen LogP contribution < -0.4 is 9.64 Å². The lowest BCUT2D eigenvalue weighted by molar-refractivity contribution is 0.475. The number of hydrogen-bond acceptors (Lipinski definition) is 2. The molecule has 0 radical (unpaired) electrons. The number of anilines is 2. The Bertz CT molecular complexity index is 546. The summed E-state index contributed by atoms with van der Waals surface area (Å²) in [5.74, 6) is 1.49. The van der Waals surface area contributed by atoms with E-state index in [1.165, 1.54) is 0 Å². The molecule has 0 bridgehead atoms. The fourth-order valence-electron chi connectivity index (χ4n) is 1.94. The molecule has 0 N–H and O–H groups in total. The van der Waals surface area contributed by atoms with Crippen LogP contribution in [0.3, 0.4) is 0 Å². The van der Waals surface area contributed by atoms with Gasteiger partial charge in [0, 0.05) is 29.2 Å². The lowest BCUT2D eigenvalue weighted by Gasteiger charge is -2.29. The van der Waals surface area contributed by atoms with Crippen LogP contribution in [0.25, 0.3) is 0 Å². The quantitative estimate of drug-likeness (QED) is 0.674. The van der Waals surface area contributed by atoms with Gasteiger partial charge in [0.15, 0.2) is 11.5 Å². The summed E-state index contributed by atoms with van der Waals surface area (Å²) in [6.07, 6.45) is 0. The highest BCUT2D eigenvalue weighted by atomic mass is 35.5. The van der Waals surface area contributed by atoms with Crippen molar-refractivity contribution in [1.82, 2.24) is 0 Å². The van der Waals surface area contributed by atoms with E-state index >= 15 is 0 Å². The van der Waals surface area contributed by atoms with Gasteiger partial charge in [0.25, 0.3) is 0 Å². The molecular formula is C13H9Cl2NO. The zero-order valence-electron chi connectivity index (χ0n) is 9.08. The topological polar surface area (TPSA) is 12.5 Å². The Kier molecular flexibility index (Phi) is 2.42. The van der Waals surface area contributed by atoms with Crippen LogP contribution in [0.2, 0.25) is 10.0 Å². The van der Waals surface area contributed by atoms with E-state index in [0.29, 0.717) is 10.0 Å². The van der Waals surface area contributed by atoms with E-state index in [1.54, 1.807) is 12.1 Å². The molecule has 17 heavy (non-hydrogen) atoms. The third-order valence-corrected chi connectivity index (χ3v) is 3.26. The molecule has 0 saturated heterocycles. The second-order valence-corrected chi connectivity index (χ2v) is 4.76. The van der Waals surface area contributed by atoms with Gasteiger partial charge in [-0.25, -0.2) is 0 Å². The van der Waals surface area contributed by atoms with Crippen molar-refractivity contribution in [3.8, 4) is 11.5 Å². The van der Waals surface area contributed by atoms with Crippen molar-refractivity contribution in [2.75, 3.05) is 11.9 Å². The van der Waals surface area contributed by atoms with Crippen LogP contribution in [0.5, 0.6) is 11.5 Å². The van der Waals surface area contributed by atoms with Gasteiger partial charge in [-0.1, -0.05) is 23.2 Å². The molecule has 0 amide bonds. The lowest BCUT2D eigenvalue weighted by Crippen LogP contribution is -2.15. The molecule has 2 nitrogen and oxygen atoms in total. The van der Waals surface area contributed by atoms with Crippen molar-refractivity contribution in [3.63, 3.8) is 0 Å². The largest absolute Gasteiger partial charge is 0.453 e. The van der Waals surface area contributed by atoms with Gasteiger partial charge in [0.2, 0.25) is 0 Å². The minimum Gasteiger partial charge on any atom is -0.453 e. The standard InChI is InChI=1S/C13H9Cl2NO/c1-16-10-4-2-8(14)6-12(10)17-13-7-9(15)3-5-11(13)16/h2-7H,1H3. The van der Waals surface area contributed by atoms with Crippen LogP contribution in [-0.2, 0) is 0 Å².